The average Bonchev–Trinajstić information content (AvgIpc) is 3.27. The molecule has 2 aromatic carbocycles. The van der Waals surface area contributed by atoms with Gasteiger partial charge in [-0.1, -0.05) is 29.4 Å². The number of benzene rings is 2. The van der Waals surface area contributed by atoms with Gasteiger partial charge in [0.1, 0.15) is 17.9 Å². The quantitative estimate of drug-likeness (QED) is 0.387. The lowest BCUT2D eigenvalue weighted by atomic mass is 10.1. The standard InChI is InChI=1S/C23H22N4O6.ClH/c1-13(2)32-19-8-7-16(9-17(19)11-24)22-26-21(27-33-22)15-5-3-14(4-6-15)12-25-18(23(30)31)10-20(28)29;/h3-9,13,18,25H,10,12H2,1-2H3,(H,28,29)(H,30,31);1H/t18-;/m0./s1. The molecule has 1 heterocycles. The largest absolute Gasteiger partial charge is 0.490 e. The molecule has 3 rings (SSSR count). The summed E-state index contributed by atoms with van der Waals surface area (Å²) in [6.45, 7) is 3.94. The van der Waals surface area contributed by atoms with Crippen molar-refractivity contribution in [3.8, 4) is 34.7 Å². The van der Waals surface area contributed by atoms with E-state index in [0.29, 0.717) is 28.3 Å². The number of rotatable bonds is 10. The van der Waals surface area contributed by atoms with Crippen molar-refractivity contribution >= 4 is 24.3 Å². The second-order valence-electron chi connectivity index (χ2n) is 7.48. The fraction of sp³-hybridized carbons (Fsp3) is 0.261. The summed E-state index contributed by atoms with van der Waals surface area (Å²) in [6.07, 6.45) is -0.583. The predicted molar refractivity (Wildman–Crippen MR) is 123 cm³/mol. The van der Waals surface area contributed by atoms with Crippen LogP contribution in [0.2, 0.25) is 0 Å². The van der Waals surface area contributed by atoms with Crippen molar-refractivity contribution in [3.63, 3.8) is 0 Å². The van der Waals surface area contributed by atoms with Gasteiger partial charge in [-0.25, -0.2) is 0 Å². The Hall–Kier alpha value is -3.94. The van der Waals surface area contributed by atoms with Crippen LogP contribution in [0.15, 0.2) is 47.0 Å². The number of hydrogen-bond acceptors (Lipinski definition) is 8. The number of carboxylic acids is 2. The van der Waals surface area contributed by atoms with Gasteiger partial charge in [0.25, 0.3) is 5.89 Å². The molecule has 1 aromatic heterocycles. The number of ether oxygens (including phenoxy) is 1. The number of hydrogen-bond donors (Lipinski definition) is 3. The van der Waals surface area contributed by atoms with Crippen molar-refractivity contribution in [2.24, 2.45) is 0 Å². The number of carboxylic acid groups (broad SMARTS) is 2. The molecule has 3 aromatic rings. The maximum atomic E-state index is 11.1. The minimum absolute atomic E-state index is 0. The molecule has 0 unspecified atom stereocenters. The van der Waals surface area contributed by atoms with Crippen LogP contribution < -0.4 is 10.1 Å². The molecule has 0 radical (unpaired) electrons. The van der Waals surface area contributed by atoms with Crippen LogP contribution in [-0.4, -0.2) is 44.4 Å². The molecular weight excluding hydrogens is 464 g/mol. The first kappa shape index (κ1) is 26.3. The van der Waals surface area contributed by atoms with Crippen molar-refractivity contribution in [2.75, 3.05) is 0 Å². The molecule has 0 aliphatic carbocycles. The van der Waals surface area contributed by atoms with E-state index in [4.69, 9.17) is 19.5 Å². The Kier molecular flexibility index (Phi) is 9.12. The highest BCUT2D eigenvalue weighted by Crippen LogP contribution is 2.28. The van der Waals surface area contributed by atoms with Gasteiger partial charge in [-0.15, -0.1) is 12.4 Å². The van der Waals surface area contributed by atoms with Gasteiger partial charge in [-0.3, -0.25) is 14.9 Å². The summed E-state index contributed by atoms with van der Waals surface area (Å²) < 4.78 is 11.0. The molecule has 34 heavy (non-hydrogen) atoms. The van der Waals surface area contributed by atoms with E-state index in [-0.39, 0.29) is 30.9 Å². The summed E-state index contributed by atoms with van der Waals surface area (Å²) >= 11 is 0. The molecule has 0 amide bonds. The van der Waals surface area contributed by atoms with Crippen molar-refractivity contribution in [3.05, 3.63) is 53.6 Å². The molecule has 0 aliphatic rings. The van der Waals surface area contributed by atoms with Crippen LogP contribution in [0.5, 0.6) is 5.75 Å². The van der Waals surface area contributed by atoms with Crippen molar-refractivity contribution in [1.82, 2.24) is 15.5 Å². The zero-order chi connectivity index (χ0) is 24.0. The van der Waals surface area contributed by atoms with Crippen LogP contribution in [0.3, 0.4) is 0 Å². The number of nitrogens with zero attached hydrogens (tertiary/aromatic N) is 3. The maximum Gasteiger partial charge on any atom is 0.321 e. The fourth-order valence-corrected chi connectivity index (χ4v) is 3.00. The maximum absolute atomic E-state index is 11.1. The van der Waals surface area contributed by atoms with Crippen LogP contribution in [0.25, 0.3) is 22.8 Å². The zero-order valence-corrected chi connectivity index (χ0v) is 19.2. The number of aliphatic carboxylic acids is 2. The lowest BCUT2D eigenvalue weighted by molar-refractivity contribution is -0.146. The number of nitriles is 1. The second-order valence-corrected chi connectivity index (χ2v) is 7.48. The number of carbonyl (C=O) groups is 2. The summed E-state index contributed by atoms with van der Waals surface area (Å²) in [5.41, 5.74) is 2.38. The monoisotopic (exact) mass is 486 g/mol. The van der Waals surface area contributed by atoms with E-state index in [1.807, 2.05) is 13.8 Å². The lowest BCUT2D eigenvalue weighted by Gasteiger charge is -2.12. The van der Waals surface area contributed by atoms with Gasteiger partial charge < -0.3 is 19.5 Å². The Morgan fingerprint density at radius 2 is 1.82 bits per heavy atom. The van der Waals surface area contributed by atoms with Crippen molar-refractivity contribution in [1.29, 1.82) is 5.26 Å². The first-order chi connectivity index (χ1) is 15.8. The molecule has 1 atom stereocenters. The molecule has 0 saturated heterocycles. The van der Waals surface area contributed by atoms with Crippen LogP contribution in [0, 0.1) is 11.3 Å². The summed E-state index contributed by atoms with van der Waals surface area (Å²) in [4.78, 5) is 26.3. The summed E-state index contributed by atoms with van der Waals surface area (Å²) in [6, 6.07) is 13.0. The number of halogens is 1. The summed E-state index contributed by atoms with van der Waals surface area (Å²) in [5.74, 6) is -1.34. The minimum Gasteiger partial charge on any atom is -0.490 e. The highest BCUT2D eigenvalue weighted by Gasteiger charge is 2.20. The molecule has 0 spiro atoms. The van der Waals surface area contributed by atoms with E-state index < -0.39 is 24.4 Å². The smallest absolute Gasteiger partial charge is 0.321 e. The number of aromatic nitrogens is 2. The first-order valence-corrected chi connectivity index (χ1v) is 10.1. The molecule has 3 N–H and O–H groups in total. The van der Waals surface area contributed by atoms with E-state index >= 15 is 0 Å². The third kappa shape index (κ3) is 6.78. The van der Waals surface area contributed by atoms with E-state index in [2.05, 4.69) is 21.5 Å². The van der Waals surface area contributed by atoms with Crippen molar-refractivity contribution in [2.45, 2.75) is 39.0 Å². The normalized spacial score (nSPS) is 11.4. The topological polar surface area (TPSA) is 159 Å². The lowest BCUT2D eigenvalue weighted by Crippen LogP contribution is -2.38. The predicted octanol–water partition coefficient (Wildman–Crippen LogP) is 3.50. The van der Waals surface area contributed by atoms with Gasteiger partial charge in [0.05, 0.1) is 18.1 Å². The van der Waals surface area contributed by atoms with Gasteiger partial charge in [0.2, 0.25) is 5.82 Å². The number of nitrogens with one attached hydrogen (secondary N) is 1. The Bertz CT molecular complexity index is 1190. The van der Waals surface area contributed by atoms with Crippen LogP contribution in [0.4, 0.5) is 0 Å². The molecule has 0 bridgehead atoms. The van der Waals surface area contributed by atoms with Gasteiger partial charge in [-0.05, 0) is 37.6 Å². The third-order valence-corrected chi connectivity index (χ3v) is 4.58. The fourth-order valence-electron chi connectivity index (χ4n) is 3.00. The first-order valence-electron chi connectivity index (χ1n) is 10.1. The summed E-state index contributed by atoms with van der Waals surface area (Å²) in [7, 11) is 0. The molecule has 10 nitrogen and oxygen atoms in total. The molecule has 0 fully saturated rings. The summed E-state index contributed by atoms with van der Waals surface area (Å²) in [5, 5.41) is 34.0. The SMILES string of the molecule is CC(C)Oc1ccc(-c2nc(-c3ccc(CN[C@@H](CC(=O)O)C(=O)O)cc3)no2)cc1C#N.Cl. The third-order valence-electron chi connectivity index (χ3n) is 4.58. The Morgan fingerprint density at radius 1 is 1.15 bits per heavy atom. The highest BCUT2D eigenvalue weighted by atomic mass is 35.5. The molecule has 0 aliphatic heterocycles. The second kappa shape index (κ2) is 11.8. The Morgan fingerprint density at radius 3 is 2.41 bits per heavy atom. The molecular formula is C23H23ClN4O6. The minimum atomic E-state index is -1.23. The van der Waals surface area contributed by atoms with Gasteiger partial charge in [-0.2, -0.15) is 10.2 Å². The van der Waals surface area contributed by atoms with E-state index in [9.17, 15) is 14.9 Å². The van der Waals surface area contributed by atoms with Crippen molar-refractivity contribution < 1.29 is 29.1 Å². The molecule has 0 saturated carbocycles. The van der Waals surface area contributed by atoms with E-state index in [1.54, 1.807) is 42.5 Å². The Labute approximate surface area is 201 Å². The van der Waals surface area contributed by atoms with Crippen LogP contribution in [-0.2, 0) is 16.1 Å². The molecule has 178 valence electrons. The Balaban J connectivity index is 0.00000408. The van der Waals surface area contributed by atoms with E-state index in [0.717, 1.165) is 5.56 Å². The average molecular weight is 487 g/mol. The van der Waals surface area contributed by atoms with Gasteiger partial charge in [0, 0.05) is 17.7 Å². The highest BCUT2D eigenvalue weighted by molar-refractivity contribution is 5.85. The molecule has 11 heteroatoms. The van der Waals surface area contributed by atoms with Gasteiger partial charge in [0.15, 0.2) is 0 Å². The van der Waals surface area contributed by atoms with Crippen LogP contribution >= 0.6 is 12.4 Å². The van der Waals surface area contributed by atoms with Crippen LogP contribution in [0.1, 0.15) is 31.4 Å². The zero-order valence-electron chi connectivity index (χ0n) is 18.4. The van der Waals surface area contributed by atoms with Gasteiger partial charge >= 0.3 is 11.9 Å². The van der Waals surface area contributed by atoms with E-state index in [1.165, 1.54) is 0 Å².